The van der Waals surface area contributed by atoms with Crippen LogP contribution in [-0.4, -0.2) is 38.5 Å². The molecule has 0 unspecified atom stereocenters. The van der Waals surface area contributed by atoms with Crippen LogP contribution in [0.2, 0.25) is 0 Å². The maximum absolute atomic E-state index is 12.3. The molecular formula is C16H23N3O2S. The van der Waals surface area contributed by atoms with Crippen LogP contribution in [0.3, 0.4) is 0 Å². The molecule has 1 N–H and O–H groups in total. The Morgan fingerprint density at radius 2 is 2.23 bits per heavy atom. The molecule has 0 saturated carbocycles. The maximum Gasteiger partial charge on any atom is 0.240 e. The predicted octanol–water partition coefficient (Wildman–Crippen LogP) is 2.10. The highest BCUT2D eigenvalue weighted by Crippen LogP contribution is 2.19. The Balaban J connectivity index is 2.01. The molecule has 2 rings (SSSR count). The number of likely N-dealkylation sites (tertiary alicyclic amines) is 1. The first-order valence-corrected chi connectivity index (χ1v) is 9.18. The van der Waals surface area contributed by atoms with Crippen molar-refractivity contribution in [2.24, 2.45) is 0 Å². The topological polar surface area (TPSA) is 73.2 Å². The highest BCUT2D eigenvalue weighted by Gasteiger charge is 2.24. The molecule has 2 atom stereocenters. The van der Waals surface area contributed by atoms with Crippen molar-refractivity contribution in [3.8, 4) is 6.07 Å². The van der Waals surface area contributed by atoms with E-state index >= 15 is 0 Å². The van der Waals surface area contributed by atoms with Gasteiger partial charge in [-0.15, -0.1) is 0 Å². The third-order valence-electron chi connectivity index (χ3n) is 4.26. The molecule has 120 valence electrons. The van der Waals surface area contributed by atoms with Gasteiger partial charge in [0.2, 0.25) is 10.0 Å². The van der Waals surface area contributed by atoms with Gasteiger partial charge in [-0.25, -0.2) is 13.1 Å². The molecule has 1 fully saturated rings. The minimum atomic E-state index is -3.57. The molecule has 1 saturated heterocycles. The first-order valence-electron chi connectivity index (χ1n) is 7.69. The van der Waals surface area contributed by atoms with Gasteiger partial charge in [0.1, 0.15) is 0 Å². The van der Waals surface area contributed by atoms with Crippen molar-refractivity contribution in [1.82, 2.24) is 9.62 Å². The highest BCUT2D eigenvalue weighted by molar-refractivity contribution is 7.89. The number of nitrogens with one attached hydrogen (secondary N) is 1. The molecule has 1 aliphatic heterocycles. The van der Waals surface area contributed by atoms with Gasteiger partial charge in [-0.05, 0) is 51.4 Å². The minimum absolute atomic E-state index is 0.144. The van der Waals surface area contributed by atoms with E-state index in [0.29, 0.717) is 18.2 Å². The monoisotopic (exact) mass is 321 g/mol. The molecule has 1 heterocycles. The number of sulfonamides is 1. The molecule has 0 spiro atoms. The summed E-state index contributed by atoms with van der Waals surface area (Å²) in [4.78, 5) is 2.50. The van der Waals surface area contributed by atoms with Crippen molar-refractivity contribution in [2.45, 2.75) is 50.1 Å². The van der Waals surface area contributed by atoms with E-state index in [2.05, 4.69) is 23.5 Å². The summed E-state index contributed by atoms with van der Waals surface area (Å²) in [5, 5.41) is 8.87. The normalized spacial score (nSPS) is 21.2. The number of hydrogen-bond acceptors (Lipinski definition) is 4. The van der Waals surface area contributed by atoms with Crippen molar-refractivity contribution < 1.29 is 8.42 Å². The molecule has 1 aliphatic rings. The lowest BCUT2D eigenvalue weighted by molar-refractivity contribution is 0.116. The summed E-state index contributed by atoms with van der Waals surface area (Å²) in [6, 6.07) is 8.71. The van der Waals surface area contributed by atoms with Crippen LogP contribution >= 0.6 is 0 Å². The fourth-order valence-corrected chi connectivity index (χ4v) is 4.11. The van der Waals surface area contributed by atoms with E-state index < -0.39 is 10.0 Å². The quantitative estimate of drug-likeness (QED) is 0.901. The summed E-state index contributed by atoms with van der Waals surface area (Å²) < 4.78 is 27.3. The Hall–Kier alpha value is -1.42. The van der Waals surface area contributed by atoms with Gasteiger partial charge in [-0.2, -0.15) is 5.26 Å². The third kappa shape index (κ3) is 4.07. The summed E-state index contributed by atoms with van der Waals surface area (Å²) in [7, 11) is -3.57. The molecular weight excluding hydrogens is 298 g/mol. The highest BCUT2D eigenvalue weighted by atomic mass is 32.2. The van der Waals surface area contributed by atoms with E-state index in [-0.39, 0.29) is 10.9 Å². The first kappa shape index (κ1) is 16.9. The molecule has 0 aliphatic carbocycles. The van der Waals surface area contributed by atoms with Crippen LogP contribution in [0.15, 0.2) is 29.2 Å². The summed E-state index contributed by atoms with van der Waals surface area (Å²) >= 11 is 0. The number of hydrogen-bond donors (Lipinski definition) is 1. The van der Waals surface area contributed by atoms with Crippen molar-refractivity contribution in [3.63, 3.8) is 0 Å². The van der Waals surface area contributed by atoms with Gasteiger partial charge >= 0.3 is 0 Å². The average molecular weight is 321 g/mol. The van der Waals surface area contributed by atoms with Crippen LogP contribution in [0.25, 0.3) is 0 Å². The van der Waals surface area contributed by atoms with Crippen LogP contribution in [0.1, 0.15) is 38.7 Å². The van der Waals surface area contributed by atoms with Crippen LogP contribution < -0.4 is 4.72 Å². The fourth-order valence-electron chi connectivity index (χ4n) is 2.94. The Labute approximate surface area is 133 Å². The molecule has 1 aromatic carbocycles. The summed E-state index contributed by atoms with van der Waals surface area (Å²) in [5.41, 5.74) is 0.348. The van der Waals surface area contributed by atoms with E-state index in [1.807, 2.05) is 6.07 Å². The molecule has 1 aromatic rings. The van der Waals surface area contributed by atoms with Crippen LogP contribution in [0.5, 0.6) is 0 Å². The molecule has 22 heavy (non-hydrogen) atoms. The second-order valence-corrected chi connectivity index (χ2v) is 7.69. The van der Waals surface area contributed by atoms with Crippen LogP contribution in [0, 0.1) is 11.3 Å². The van der Waals surface area contributed by atoms with Crippen molar-refractivity contribution >= 4 is 10.0 Å². The number of nitrogens with zero attached hydrogens (tertiary/aromatic N) is 2. The Morgan fingerprint density at radius 1 is 1.45 bits per heavy atom. The zero-order valence-electron chi connectivity index (χ0n) is 13.1. The van der Waals surface area contributed by atoms with Gasteiger partial charge < -0.3 is 0 Å². The van der Waals surface area contributed by atoms with E-state index in [4.69, 9.17) is 5.26 Å². The largest absolute Gasteiger partial charge is 0.297 e. The Kier molecular flexibility index (Phi) is 5.57. The number of piperidine rings is 1. The summed E-state index contributed by atoms with van der Waals surface area (Å²) in [6.45, 7) is 5.65. The number of benzene rings is 1. The Morgan fingerprint density at radius 3 is 2.91 bits per heavy atom. The van der Waals surface area contributed by atoms with E-state index in [1.54, 1.807) is 12.1 Å². The lowest BCUT2D eigenvalue weighted by Crippen LogP contribution is -2.48. The van der Waals surface area contributed by atoms with Crippen molar-refractivity contribution in [3.05, 3.63) is 29.8 Å². The molecule has 0 bridgehead atoms. The maximum atomic E-state index is 12.3. The van der Waals surface area contributed by atoms with Gasteiger partial charge in [0.15, 0.2) is 0 Å². The minimum Gasteiger partial charge on any atom is -0.297 e. The van der Waals surface area contributed by atoms with Gasteiger partial charge in [0, 0.05) is 18.6 Å². The second kappa shape index (κ2) is 7.23. The fraction of sp³-hybridized carbons (Fsp3) is 0.562. The SMILES string of the molecule is C[C@@H]1CCCCN1[C@H](C)CNS(=O)(=O)c1cccc(C#N)c1. The van der Waals surface area contributed by atoms with Gasteiger partial charge in [0.05, 0.1) is 16.5 Å². The molecule has 6 heteroatoms. The van der Waals surface area contributed by atoms with E-state index in [0.717, 1.165) is 6.54 Å². The van der Waals surface area contributed by atoms with Crippen LogP contribution in [0.4, 0.5) is 0 Å². The standard InChI is InChI=1S/C16H23N3O2S/c1-13-6-3-4-9-19(13)14(2)12-18-22(20,21)16-8-5-7-15(10-16)11-17/h5,7-8,10,13-14,18H,3-4,6,9,12H2,1-2H3/t13-,14-/m1/s1. The van der Waals surface area contributed by atoms with Gasteiger partial charge in [0.25, 0.3) is 0 Å². The lowest BCUT2D eigenvalue weighted by atomic mass is 10.0. The zero-order valence-corrected chi connectivity index (χ0v) is 13.9. The lowest BCUT2D eigenvalue weighted by Gasteiger charge is -2.38. The molecule has 0 aromatic heterocycles. The van der Waals surface area contributed by atoms with E-state index in [1.165, 1.54) is 31.4 Å². The second-order valence-electron chi connectivity index (χ2n) is 5.92. The smallest absolute Gasteiger partial charge is 0.240 e. The zero-order chi connectivity index (χ0) is 16.2. The number of nitriles is 1. The molecule has 0 amide bonds. The summed E-state index contributed by atoms with van der Waals surface area (Å²) in [6.07, 6.45) is 3.59. The van der Waals surface area contributed by atoms with Crippen molar-refractivity contribution in [2.75, 3.05) is 13.1 Å². The van der Waals surface area contributed by atoms with Gasteiger partial charge in [-0.1, -0.05) is 12.5 Å². The molecule has 0 radical (unpaired) electrons. The first-order chi connectivity index (χ1) is 10.4. The summed E-state index contributed by atoms with van der Waals surface area (Å²) in [5.74, 6) is 0. The third-order valence-corrected chi connectivity index (χ3v) is 5.68. The average Bonchev–Trinajstić information content (AvgIpc) is 2.53. The van der Waals surface area contributed by atoms with Crippen molar-refractivity contribution in [1.29, 1.82) is 5.26 Å². The Bertz CT molecular complexity index is 652. The van der Waals surface area contributed by atoms with Gasteiger partial charge in [-0.3, -0.25) is 4.90 Å². The van der Waals surface area contributed by atoms with Crippen LogP contribution in [-0.2, 0) is 10.0 Å². The molecule has 5 nitrogen and oxygen atoms in total. The number of rotatable bonds is 5. The van der Waals surface area contributed by atoms with E-state index in [9.17, 15) is 8.42 Å². The predicted molar refractivity (Wildman–Crippen MR) is 85.8 cm³/mol.